The van der Waals surface area contributed by atoms with Crippen LogP contribution in [0, 0.1) is 0 Å². The van der Waals surface area contributed by atoms with Crippen LogP contribution in [0.5, 0.6) is 0 Å². The summed E-state index contributed by atoms with van der Waals surface area (Å²) >= 11 is 0. The van der Waals surface area contributed by atoms with Crippen LogP contribution in [0.4, 0.5) is 0 Å². The van der Waals surface area contributed by atoms with Crippen molar-refractivity contribution in [1.82, 2.24) is 10.6 Å². The van der Waals surface area contributed by atoms with Crippen molar-refractivity contribution in [3.05, 3.63) is 35.9 Å². The molecule has 0 aliphatic heterocycles. The molecule has 1 aromatic rings. The standard InChI is InChI=1S/C17H27N3O/c1-13(18)16(21)19-12-17(10-6-7-11-17)20-14(2)15-8-4-3-5-9-15/h3-5,8-9,13-14,20H,6-7,10-12,18H2,1-2H3,(H,19,21). The summed E-state index contributed by atoms with van der Waals surface area (Å²) < 4.78 is 0. The van der Waals surface area contributed by atoms with E-state index < -0.39 is 6.04 Å². The van der Waals surface area contributed by atoms with Gasteiger partial charge in [0.25, 0.3) is 0 Å². The topological polar surface area (TPSA) is 67.2 Å². The molecular weight excluding hydrogens is 262 g/mol. The van der Waals surface area contributed by atoms with E-state index in [0.29, 0.717) is 6.54 Å². The summed E-state index contributed by atoms with van der Waals surface area (Å²) in [5.41, 5.74) is 6.90. The van der Waals surface area contributed by atoms with E-state index in [1.165, 1.54) is 18.4 Å². The zero-order valence-corrected chi connectivity index (χ0v) is 13.1. The molecule has 4 nitrogen and oxygen atoms in total. The molecule has 0 bridgehead atoms. The Morgan fingerprint density at radius 1 is 1.24 bits per heavy atom. The first kappa shape index (κ1) is 16.0. The largest absolute Gasteiger partial charge is 0.353 e. The number of nitrogens with two attached hydrogens (primary N) is 1. The normalized spacial score (nSPS) is 20.0. The average molecular weight is 289 g/mol. The first-order valence-electron chi connectivity index (χ1n) is 7.88. The van der Waals surface area contributed by atoms with E-state index in [9.17, 15) is 4.79 Å². The Kier molecular flexibility index (Phi) is 5.37. The summed E-state index contributed by atoms with van der Waals surface area (Å²) in [6, 6.07) is 10.3. The number of carbonyl (C=O) groups is 1. The van der Waals surface area contributed by atoms with Gasteiger partial charge < -0.3 is 16.4 Å². The molecular formula is C17H27N3O. The maximum Gasteiger partial charge on any atom is 0.236 e. The van der Waals surface area contributed by atoms with Crippen LogP contribution in [-0.2, 0) is 4.79 Å². The highest BCUT2D eigenvalue weighted by molar-refractivity contribution is 5.81. The summed E-state index contributed by atoms with van der Waals surface area (Å²) in [5, 5.41) is 6.74. The van der Waals surface area contributed by atoms with Crippen LogP contribution in [0.3, 0.4) is 0 Å². The third-order valence-corrected chi connectivity index (χ3v) is 4.40. The first-order valence-corrected chi connectivity index (χ1v) is 7.88. The van der Waals surface area contributed by atoms with Crippen molar-refractivity contribution in [2.45, 2.75) is 57.2 Å². The van der Waals surface area contributed by atoms with Crippen LogP contribution >= 0.6 is 0 Å². The third-order valence-electron chi connectivity index (χ3n) is 4.40. The molecule has 1 saturated carbocycles. The Hall–Kier alpha value is -1.39. The predicted octanol–water partition coefficient (Wildman–Crippen LogP) is 2.11. The molecule has 4 N–H and O–H groups in total. The lowest BCUT2D eigenvalue weighted by Gasteiger charge is -2.34. The van der Waals surface area contributed by atoms with E-state index in [0.717, 1.165) is 12.8 Å². The SMILES string of the molecule is CC(N)C(=O)NCC1(NC(C)c2ccccc2)CCCC1. The third kappa shape index (κ3) is 4.29. The molecule has 1 amide bonds. The van der Waals surface area contributed by atoms with Crippen LogP contribution in [0.25, 0.3) is 0 Å². The van der Waals surface area contributed by atoms with E-state index in [1.54, 1.807) is 6.92 Å². The highest BCUT2D eigenvalue weighted by Gasteiger charge is 2.35. The van der Waals surface area contributed by atoms with Gasteiger partial charge in [-0.1, -0.05) is 43.2 Å². The lowest BCUT2D eigenvalue weighted by atomic mass is 9.94. The van der Waals surface area contributed by atoms with Gasteiger partial charge in [-0.2, -0.15) is 0 Å². The summed E-state index contributed by atoms with van der Waals surface area (Å²) in [7, 11) is 0. The Bertz CT molecular complexity index is 452. The van der Waals surface area contributed by atoms with Gasteiger partial charge >= 0.3 is 0 Å². The van der Waals surface area contributed by atoms with Gasteiger partial charge in [0, 0.05) is 18.1 Å². The second-order valence-corrected chi connectivity index (χ2v) is 6.27. The molecule has 1 fully saturated rings. The molecule has 116 valence electrons. The maximum atomic E-state index is 11.7. The number of benzene rings is 1. The van der Waals surface area contributed by atoms with Gasteiger partial charge in [0.2, 0.25) is 5.91 Å². The Morgan fingerprint density at radius 3 is 2.43 bits per heavy atom. The molecule has 0 spiro atoms. The van der Waals surface area contributed by atoms with Crippen molar-refractivity contribution in [3.63, 3.8) is 0 Å². The quantitative estimate of drug-likeness (QED) is 0.751. The molecule has 2 rings (SSSR count). The van der Waals surface area contributed by atoms with Crippen molar-refractivity contribution < 1.29 is 4.79 Å². The van der Waals surface area contributed by atoms with Crippen LogP contribution in [-0.4, -0.2) is 24.0 Å². The highest BCUT2D eigenvalue weighted by Crippen LogP contribution is 2.31. The van der Waals surface area contributed by atoms with Crippen LogP contribution < -0.4 is 16.4 Å². The number of hydrogen-bond acceptors (Lipinski definition) is 3. The minimum Gasteiger partial charge on any atom is -0.353 e. The Morgan fingerprint density at radius 2 is 1.86 bits per heavy atom. The molecule has 4 heteroatoms. The second kappa shape index (κ2) is 7.05. The number of carbonyl (C=O) groups excluding carboxylic acids is 1. The smallest absolute Gasteiger partial charge is 0.236 e. The minimum atomic E-state index is -0.449. The van der Waals surface area contributed by atoms with Crippen LogP contribution in [0.2, 0.25) is 0 Å². The summed E-state index contributed by atoms with van der Waals surface area (Å²) in [6.45, 7) is 4.56. The van der Waals surface area contributed by atoms with Crippen molar-refractivity contribution in [3.8, 4) is 0 Å². The number of amides is 1. The molecule has 1 aliphatic carbocycles. The molecule has 1 aliphatic rings. The van der Waals surface area contributed by atoms with Crippen molar-refractivity contribution >= 4 is 5.91 Å². The Balaban J connectivity index is 1.99. The van der Waals surface area contributed by atoms with Gasteiger partial charge in [-0.15, -0.1) is 0 Å². The zero-order valence-electron chi connectivity index (χ0n) is 13.1. The number of rotatable bonds is 6. The molecule has 2 atom stereocenters. The van der Waals surface area contributed by atoms with Crippen molar-refractivity contribution in [1.29, 1.82) is 0 Å². The van der Waals surface area contributed by atoms with E-state index in [2.05, 4.69) is 41.8 Å². The van der Waals surface area contributed by atoms with Crippen molar-refractivity contribution in [2.75, 3.05) is 6.54 Å². The monoisotopic (exact) mass is 289 g/mol. The average Bonchev–Trinajstić information content (AvgIpc) is 2.94. The molecule has 21 heavy (non-hydrogen) atoms. The van der Waals surface area contributed by atoms with Gasteiger partial charge in [0.05, 0.1) is 6.04 Å². The van der Waals surface area contributed by atoms with Crippen LogP contribution in [0.15, 0.2) is 30.3 Å². The number of nitrogens with one attached hydrogen (secondary N) is 2. The van der Waals surface area contributed by atoms with Gasteiger partial charge in [0.15, 0.2) is 0 Å². The van der Waals surface area contributed by atoms with E-state index >= 15 is 0 Å². The predicted molar refractivity (Wildman–Crippen MR) is 85.9 cm³/mol. The van der Waals surface area contributed by atoms with Gasteiger partial charge in [-0.05, 0) is 32.3 Å². The molecule has 2 unspecified atom stereocenters. The second-order valence-electron chi connectivity index (χ2n) is 6.27. The molecule has 0 radical (unpaired) electrons. The van der Waals surface area contributed by atoms with Gasteiger partial charge in [0.1, 0.15) is 0 Å². The van der Waals surface area contributed by atoms with E-state index in [1.807, 2.05) is 6.07 Å². The zero-order chi connectivity index (χ0) is 15.3. The lowest BCUT2D eigenvalue weighted by Crippen LogP contribution is -2.54. The molecule has 0 saturated heterocycles. The van der Waals surface area contributed by atoms with E-state index in [4.69, 9.17) is 5.73 Å². The van der Waals surface area contributed by atoms with Gasteiger partial charge in [-0.3, -0.25) is 4.79 Å². The molecule has 0 heterocycles. The van der Waals surface area contributed by atoms with Gasteiger partial charge in [-0.25, -0.2) is 0 Å². The Labute approximate surface area is 127 Å². The fourth-order valence-electron chi connectivity index (χ4n) is 3.13. The summed E-state index contributed by atoms with van der Waals surface area (Å²) in [6.07, 6.45) is 4.62. The van der Waals surface area contributed by atoms with Crippen LogP contribution in [0.1, 0.15) is 51.1 Å². The molecule has 0 aromatic heterocycles. The summed E-state index contributed by atoms with van der Waals surface area (Å²) in [5.74, 6) is -0.0737. The lowest BCUT2D eigenvalue weighted by molar-refractivity contribution is -0.122. The maximum absolute atomic E-state index is 11.7. The highest BCUT2D eigenvalue weighted by atomic mass is 16.2. The van der Waals surface area contributed by atoms with Crippen molar-refractivity contribution in [2.24, 2.45) is 5.73 Å². The summed E-state index contributed by atoms with van der Waals surface area (Å²) in [4.78, 5) is 11.7. The number of hydrogen-bond donors (Lipinski definition) is 3. The molecule has 1 aromatic carbocycles. The van der Waals surface area contributed by atoms with E-state index in [-0.39, 0.29) is 17.5 Å². The fourth-order valence-corrected chi connectivity index (χ4v) is 3.13. The first-order chi connectivity index (χ1) is 10.0. The minimum absolute atomic E-state index is 0.000190. The fraction of sp³-hybridized carbons (Fsp3) is 0.588.